The van der Waals surface area contributed by atoms with Crippen LogP contribution in [0.15, 0.2) is 48.5 Å². The Morgan fingerprint density at radius 1 is 1.16 bits per heavy atom. The zero-order valence-electron chi connectivity index (χ0n) is 14.8. The number of carbonyl (C=O) groups is 1. The molecule has 4 heteroatoms. The predicted molar refractivity (Wildman–Crippen MR) is 100 cm³/mol. The monoisotopic (exact) mass is 338 g/mol. The average molecular weight is 338 g/mol. The molecule has 3 rings (SSSR count). The van der Waals surface area contributed by atoms with Crippen molar-refractivity contribution < 1.29 is 9.53 Å². The number of urea groups is 1. The molecule has 2 amide bonds. The number of nitrogens with one attached hydrogen (secondary N) is 2. The van der Waals surface area contributed by atoms with Gasteiger partial charge in [-0.3, -0.25) is 0 Å². The lowest BCUT2D eigenvalue weighted by atomic mass is 10.0. The third kappa shape index (κ3) is 5.24. The third-order valence-corrected chi connectivity index (χ3v) is 4.44. The number of hydrogen-bond acceptors (Lipinski definition) is 2. The summed E-state index contributed by atoms with van der Waals surface area (Å²) in [7, 11) is 0. The first-order chi connectivity index (χ1) is 12.2. The molecule has 4 nitrogen and oxygen atoms in total. The van der Waals surface area contributed by atoms with Crippen molar-refractivity contribution in [2.45, 2.75) is 38.6 Å². The van der Waals surface area contributed by atoms with Crippen molar-refractivity contribution in [1.29, 1.82) is 0 Å². The molecule has 0 radical (unpaired) electrons. The van der Waals surface area contributed by atoms with Crippen LogP contribution in [0.3, 0.4) is 0 Å². The highest BCUT2D eigenvalue weighted by Crippen LogP contribution is 2.26. The number of rotatable bonds is 7. The van der Waals surface area contributed by atoms with Gasteiger partial charge in [0, 0.05) is 19.0 Å². The summed E-state index contributed by atoms with van der Waals surface area (Å²) in [5.41, 5.74) is 3.81. The van der Waals surface area contributed by atoms with Gasteiger partial charge in [0.1, 0.15) is 5.75 Å². The summed E-state index contributed by atoms with van der Waals surface area (Å²) in [4.78, 5) is 12.0. The number of ether oxygens (including phenoxy) is 1. The average Bonchev–Trinajstić information content (AvgIpc) is 3.07. The van der Waals surface area contributed by atoms with E-state index >= 15 is 0 Å². The van der Waals surface area contributed by atoms with E-state index in [9.17, 15) is 4.79 Å². The molecule has 0 fully saturated rings. The maximum absolute atomic E-state index is 12.0. The van der Waals surface area contributed by atoms with Crippen molar-refractivity contribution in [2.24, 2.45) is 0 Å². The summed E-state index contributed by atoms with van der Waals surface area (Å²) >= 11 is 0. The van der Waals surface area contributed by atoms with Crippen molar-refractivity contribution in [3.8, 4) is 5.75 Å². The molecule has 0 aliphatic carbocycles. The number of hydrogen-bond donors (Lipinski definition) is 2. The first-order valence-corrected chi connectivity index (χ1v) is 9.03. The van der Waals surface area contributed by atoms with Gasteiger partial charge in [-0.2, -0.15) is 0 Å². The SMILES string of the molecule is CC(Cc1ccc2c(c1)CCO2)NC(=O)NCCCc1ccccc1. The Labute approximate surface area is 149 Å². The topological polar surface area (TPSA) is 50.4 Å². The van der Waals surface area contributed by atoms with Crippen molar-refractivity contribution in [2.75, 3.05) is 13.2 Å². The molecule has 1 atom stereocenters. The maximum atomic E-state index is 12.0. The minimum Gasteiger partial charge on any atom is -0.493 e. The molecule has 0 aromatic heterocycles. The molecule has 2 aromatic carbocycles. The molecule has 1 aliphatic heterocycles. The molecule has 2 N–H and O–H groups in total. The number of fused-ring (bicyclic) bond motifs is 1. The highest BCUT2D eigenvalue weighted by molar-refractivity contribution is 5.74. The molecular weight excluding hydrogens is 312 g/mol. The first-order valence-electron chi connectivity index (χ1n) is 9.03. The molecule has 1 unspecified atom stereocenters. The van der Waals surface area contributed by atoms with Crippen LogP contribution in [0.4, 0.5) is 4.79 Å². The van der Waals surface area contributed by atoms with E-state index in [1.807, 2.05) is 31.2 Å². The van der Waals surface area contributed by atoms with Gasteiger partial charge in [0.2, 0.25) is 0 Å². The van der Waals surface area contributed by atoms with Gasteiger partial charge in [0.15, 0.2) is 0 Å². The van der Waals surface area contributed by atoms with Gasteiger partial charge in [-0.1, -0.05) is 42.5 Å². The molecule has 0 saturated heterocycles. The molecule has 1 heterocycles. The lowest BCUT2D eigenvalue weighted by Crippen LogP contribution is -2.42. The lowest BCUT2D eigenvalue weighted by Gasteiger charge is -2.15. The second-order valence-corrected chi connectivity index (χ2v) is 6.64. The van der Waals surface area contributed by atoms with Gasteiger partial charge in [-0.15, -0.1) is 0 Å². The number of amides is 2. The fourth-order valence-corrected chi connectivity index (χ4v) is 3.19. The van der Waals surface area contributed by atoms with E-state index in [1.54, 1.807) is 0 Å². The summed E-state index contributed by atoms with van der Waals surface area (Å²) in [5.74, 6) is 1.00. The van der Waals surface area contributed by atoms with Crippen LogP contribution >= 0.6 is 0 Å². The zero-order valence-corrected chi connectivity index (χ0v) is 14.8. The summed E-state index contributed by atoms with van der Waals surface area (Å²) < 4.78 is 5.53. The lowest BCUT2D eigenvalue weighted by molar-refractivity contribution is 0.237. The minimum atomic E-state index is -0.0925. The molecule has 2 aromatic rings. The summed E-state index contributed by atoms with van der Waals surface area (Å²) in [5, 5.41) is 5.95. The molecule has 0 bridgehead atoms. The third-order valence-electron chi connectivity index (χ3n) is 4.44. The largest absolute Gasteiger partial charge is 0.493 e. The normalized spacial score (nSPS) is 13.6. The summed E-state index contributed by atoms with van der Waals surface area (Å²) in [6.45, 7) is 3.49. The van der Waals surface area contributed by atoms with Crippen molar-refractivity contribution in [3.63, 3.8) is 0 Å². The Morgan fingerprint density at radius 2 is 2.00 bits per heavy atom. The predicted octanol–water partition coefficient (Wildman–Crippen LogP) is 3.48. The summed E-state index contributed by atoms with van der Waals surface area (Å²) in [6.07, 6.45) is 3.72. The van der Waals surface area contributed by atoms with Crippen LogP contribution in [0.25, 0.3) is 0 Å². The Hall–Kier alpha value is -2.49. The van der Waals surface area contributed by atoms with E-state index in [1.165, 1.54) is 16.7 Å². The van der Waals surface area contributed by atoms with Crippen LogP contribution in [-0.2, 0) is 19.3 Å². The molecule has 0 saturated carbocycles. The van der Waals surface area contributed by atoms with Crippen molar-refractivity contribution >= 4 is 6.03 Å². The maximum Gasteiger partial charge on any atom is 0.315 e. The van der Waals surface area contributed by atoms with Crippen LogP contribution in [0.2, 0.25) is 0 Å². The van der Waals surface area contributed by atoms with Gasteiger partial charge < -0.3 is 15.4 Å². The number of benzene rings is 2. The fourth-order valence-electron chi connectivity index (χ4n) is 3.19. The van der Waals surface area contributed by atoms with Crippen LogP contribution in [0.1, 0.15) is 30.0 Å². The van der Waals surface area contributed by atoms with Crippen LogP contribution < -0.4 is 15.4 Å². The Morgan fingerprint density at radius 3 is 2.84 bits per heavy atom. The first kappa shape index (κ1) is 17.3. The van der Waals surface area contributed by atoms with Gasteiger partial charge >= 0.3 is 6.03 Å². The Balaban J connectivity index is 1.36. The highest BCUT2D eigenvalue weighted by Gasteiger charge is 2.13. The van der Waals surface area contributed by atoms with Crippen LogP contribution in [-0.4, -0.2) is 25.2 Å². The van der Waals surface area contributed by atoms with E-state index < -0.39 is 0 Å². The van der Waals surface area contributed by atoms with Crippen LogP contribution in [0.5, 0.6) is 5.75 Å². The van der Waals surface area contributed by atoms with Gasteiger partial charge in [-0.25, -0.2) is 4.79 Å². The molecule has 25 heavy (non-hydrogen) atoms. The second kappa shape index (κ2) is 8.56. The van der Waals surface area contributed by atoms with E-state index in [4.69, 9.17) is 4.74 Å². The smallest absolute Gasteiger partial charge is 0.315 e. The highest BCUT2D eigenvalue weighted by atomic mass is 16.5. The van der Waals surface area contributed by atoms with Gasteiger partial charge in [0.25, 0.3) is 0 Å². The van der Waals surface area contributed by atoms with Crippen LogP contribution in [0, 0.1) is 0 Å². The quantitative estimate of drug-likeness (QED) is 0.759. The zero-order chi connectivity index (χ0) is 17.5. The van der Waals surface area contributed by atoms with E-state index in [0.29, 0.717) is 6.54 Å². The van der Waals surface area contributed by atoms with E-state index in [2.05, 4.69) is 34.9 Å². The number of carbonyl (C=O) groups excluding carboxylic acids is 1. The Bertz CT molecular complexity index is 700. The van der Waals surface area contributed by atoms with Gasteiger partial charge in [0.05, 0.1) is 6.61 Å². The minimum absolute atomic E-state index is 0.0921. The molecule has 132 valence electrons. The Kier molecular flexibility index (Phi) is 5.94. The molecule has 0 spiro atoms. The van der Waals surface area contributed by atoms with Crippen molar-refractivity contribution in [1.82, 2.24) is 10.6 Å². The number of aryl methyl sites for hydroxylation is 1. The second-order valence-electron chi connectivity index (χ2n) is 6.64. The van der Waals surface area contributed by atoms with Crippen molar-refractivity contribution in [3.05, 3.63) is 65.2 Å². The standard InChI is InChI=1S/C21H26N2O2/c1-16(14-18-9-10-20-19(15-18)11-13-25-20)23-21(24)22-12-5-8-17-6-3-2-4-7-17/h2-4,6-7,9-10,15-16H,5,8,11-14H2,1H3,(H2,22,23,24). The van der Waals surface area contributed by atoms with E-state index in [0.717, 1.165) is 38.0 Å². The van der Waals surface area contributed by atoms with E-state index in [-0.39, 0.29) is 12.1 Å². The summed E-state index contributed by atoms with van der Waals surface area (Å²) in [6, 6.07) is 16.6. The molecule has 1 aliphatic rings. The van der Waals surface area contributed by atoms with Gasteiger partial charge in [-0.05, 0) is 48.9 Å². The molecular formula is C21H26N2O2. The fraction of sp³-hybridized carbons (Fsp3) is 0.381.